The number of nitrogens with two attached hydrogens (primary N) is 1. The Morgan fingerprint density at radius 2 is 2.05 bits per heavy atom. The molecule has 0 amide bonds. The summed E-state index contributed by atoms with van der Waals surface area (Å²) in [7, 11) is 0. The monoisotopic (exact) mass is 301 g/mol. The molecule has 4 heteroatoms. The van der Waals surface area contributed by atoms with Crippen molar-refractivity contribution in [2.75, 3.05) is 6.54 Å². The summed E-state index contributed by atoms with van der Waals surface area (Å²) in [6.07, 6.45) is 3.91. The quantitative estimate of drug-likeness (QED) is 0.779. The molecule has 0 aliphatic carbocycles. The van der Waals surface area contributed by atoms with Gasteiger partial charge in [0, 0.05) is 22.9 Å². The van der Waals surface area contributed by atoms with Crippen LogP contribution in [0.1, 0.15) is 38.2 Å². The molecule has 0 aromatic heterocycles. The SMILES string of the molecule is CCC(CCN)CCC(=O)Cc1cc(Cl)ccc1Cl. The van der Waals surface area contributed by atoms with Crippen LogP contribution in [0.5, 0.6) is 0 Å². The van der Waals surface area contributed by atoms with Crippen LogP contribution in [0.15, 0.2) is 18.2 Å². The maximum absolute atomic E-state index is 12.0. The van der Waals surface area contributed by atoms with Crippen LogP contribution in [0.2, 0.25) is 10.0 Å². The summed E-state index contributed by atoms with van der Waals surface area (Å²) in [4.78, 5) is 12.0. The number of hydrogen-bond acceptors (Lipinski definition) is 2. The Kier molecular flexibility index (Phi) is 7.44. The van der Waals surface area contributed by atoms with Crippen LogP contribution in [-0.2, 0) is 11.2 Å². The maximum Gasteiger partial charge on any atom is 0.137 e. The van der Waals surface area contributed by atoms with Crippen LogP contribution in [-0.4, -0.2) is 12.3 Å². The zero-order valence-corrected chi connectivity index (χ0v) is 12.8. The Labute approximate surface area is 125 Å². The van der Waals surface area contributed by atoms with Gasteiger partial charge in [-0.05, 0) is 49.1 Å². The lowest BCUT2D eigenvalue weighted by atomic mass is 9.94. The van der Waals surface area contributed by atoms with Crippen molar-refractivity contribution in [1.29, 1.82) is 0 Å². The van der Waals surface area contributed by atoms with Gasteiger partial charge >= 0.3 is 0 Å². The van der Waals surface area contributed by atoms with E-state index >= 15 is 0 Å². The van der Waals surface area contributed by atoms with Crippen molar-refractivity contribution < 1.29 is 4.79 Å². The van der Waals surface area contributed by atoms with Crippen molar-refractivity contribution in [3.8, 4) is 0 Å². The van der Waals surface area contributed by atoms with E-state index in [1.54, 1.807) is 18.2 Å². The number of ketones is 1. The van der Waals surface area contributed by atoms with E-state index in [2.05, 4.69) is 6.92 Å². The Hall–Kier alpha value is -0.570. The molecule has 1 rings (SSSR count). The predicted molar refractivity (Wildman–Crippen MR) is 81.9 cm³/mol. The molecule has 2 N–H and O–H groups in total. The van der Waals surface area contributed by atoms with Gasteiger partial charge in [-0.2, -0.15) is 0 Å². The van der Waals surface area contributed by atoms with Crippen LogP contribution in [0.4, 0.5) is 0 Å². The number of carbonyl (C=O) groups excluding carboxylic acids is 1. The van der Waals surface area contributed by atoms with Gasteiger partial charge in [0.1, 0.15) is 5.78 Å². The minimum atomic E-state index is 0.208. The van der Waals surface area contributed by atoms with Gasteiger partial charge in [0.2, 0.25) is 0 Å². The van der Waals surface area contributed by atoms with E-state index in [0.717, 1.165) is 24.8 Å². The molecule has 0 spiro atoms. The second-order valence-electron chi connectivity index (χ2n) is 4.84. The van der Waals surface area contributed by atoms with Crippen molar-refractivity contribution in [2.24, 2.45) is 11.7 Å². The molecule has 0 saturated heterocycles. The van der Waals surface area contributed by atoms with E-state index in [0.29, 0.717) is 35.3 Å². The summed E-state index contributed by atoms with van der Waals surface area (Å²) in [5.74, 6) is 0.753. The first-order chi connectivity index (χ1) is 9.06. The van der Waals surface area contributed by atoms with Gasteiger partial charge in [0.25, 0.3) is 0 Å². The molecule has 0 saturated carbocycles. The Morgan fingerprint density at radius 1 is 1.32 bits per heavy atom. The van der Waals surface area contributed by atoms with Gasteiger partial charge in [0.15, 0.2) is 0 Å². The summed E-state index contributed by atoms with van der Waals surface area (Å²) in [6.45, 7) is 2.82. The smallest absolute Gasteiger partial charge is 0.137 e. The third-order valence-corrected chi connectivity index (χ3v) is 3.98. The van der Waals surface area contributed by atoms with E-state index in [4.69, 9.17) is 28.9 Å². The molecular weight excluding hydrogens is 281 g/mol. The number of benzene rings is 1. The predicted octanol–water partition coefficient (Wildman–Crippen LogP) is 4.26. The number of carbonyl (C=O) groups is 1. The number of hydrogen-bond donors (Lipinski definition) is 1. The molecule has 0 aliphatic heterocycles. The highest BCUT2D eigenvalue weighted by atomic mass is 35.5. The zero-order valence-electron chi connectivity index (χ0n) is 11.3. The second-order valence-corrected chi connectivity index (χ2v) is 5.69. The van der Waals surface area contributed by atoms with Gasteiger partial charge in [0.05, 0.1) is 0 Å². The molecule has 1 unspecified atom stereocenters. The zero-order chi connectivity index (χ0) is 14.3. The highest BCUT2D eigenvalue weighted by Crippen LogP contribution is 2.22. The van der Waals surface area contributed by atoms with E-state index in [9.17, 15) is 4.79 Å². The Morgan fingerprint density at radius 3 is 2.68 bits per heavy atom. The van der Waals surface area contributed by atoms with Crippen LogP contribution >= 0.6 is 23.2 Å². The number of rotatable bonds is 8. The molecule has 106 valence electrons. The van der Waals surface area contributed by atoms with E-state index in [1.807, 2.05) is 0 Å². The van der Waals surface area contributed by atoms with Gasteiger partial charge in [-0.3, -0.25) is 4.79 Å². The van der Waals surface area contributed by atoms with Crippen molar-refractivity contribution in [1.82, 2.24) is 0 Å². The number of halogens is 2. The second kappa shape index (κ2) is 8.57. The molecule has 0 bridgehead atoms. The fraction of sp³-hybridized carbons (Fsp3) is 0.533. The minimum absolute atomic E-state index is 0.208. The third-order valence-electron chi connectivity index (χ3n) is 3.38. The summed E-state index contributed by atoms with van der Waals surface area (Å²) >= 11 is 12.0. The highest BCUT2D eigenvalue weighted by Gasteiger charge is 2.11. The molecule has 0 radical (unpaired) electrons. The van der Waals surface area contributed by atoms with Gasteiger partial charge in [-0.25, -0.2) is 0 Å². The average Bonchev–Trinajstić information content (AvgIpc) is 2.39. The lowest BCUT2D eigenvalue weighted by Crippen LogP contribution is -2.11. The fourth-order valence-electron chi connectivity index (χ4n) is 2.13. The van der Waals surface area contributed by atoms with Gasteiger partial charge in [-0.15, -0.1) is 0 Å². The van der Waals surface area contributed by atoms with Crippen LogP contribution in [0, 0.1) is 5.92 Å². The molecule has 1 aromatic carbocycles. The lowest BCUT2D eigenvalue weighted by Gasteiger charge is -2.12. The van der Waals surface area contributed by atoms with Crippen molar-refractivity contribution in [3.05, 3.63) is 33.8 Å². The largest absolute Gasteiger partial charge is 0.330 e. The summed E-state index contributed by atoms with van der Waals surface area (Å²) in [6, 6.07) is 5.22. The summed E-state index contributed by atoms with van der Waals surface area (Å²) in [5.41, 5.74) is 6.37. The Balaban J connectivity index is 2.48. The molecule has 19 heavy (non-hydrogen) atoms. The molecular formula is C15H21Cl2NO. The Bertz CT molecular complexity index is 421. The molecule has 0 fully saturated rings. The topological polar surface area (TPSA) is 43.1 Å². The van der Waals surface area contributed by atoms with E-state index in [1.165, 1.54) is 0 Å². The average molecular weight is 302 g/mol. The van der Waals surface area contributed by atoms with Crippen molar-refractivity contribution in [2.45, 2.75) is 39.0 Å². The summed E-state index contributed by atoms with van der Waals surface area (Å²) < 4.78 is 0. The van der Waals surface area contributed by atoms with Crippen LogP contribution < -0.4 is 5.73 Å². The lowest BCUT2D eigenvalue weighted by molar-refractivity contribution is -0.118. The molecule has 0 aliphatic rings. The van der Waals surface area contributed by atoms with E-state index in [-0.39, 0.29) is 5.78 Å². The normalized spacial score (nSPS) is 12.4. The van der Waals surface area contributed by atoms with Crippen molar-refractivity contribution in [3.63, 3.8) is 0 Å². The first-order valence-electron chi connectivity index (χ1n) is 6.72. The third kappa shape index (κ3) is 5.94. The van der Waals surface area contributed by atoms with Crippen LogP contribution in [0.25, 0.3) is 0 Å². The fourth-order valence-corrected chi connectivity index (χ4v) is 2.51. The molecule has 1 aromatic rings. The first kappa shape index (κ1) is 16.5. The van der Waals surface area contributed by atoms with Gasteiger partial charge < -0.3 is 5.73 Å². The molecule has 1 atom stereocenters. The first-order valence-corrected chi connectivity index (χ1v) is 7.48. The number of Topliss-reactive ketones (excluding diaryl/α,β-unsaturated/α-hetero) is 1. The maximum atomic E-state index is 12.0. The van der Waals surface area contributed by atoms with Crippen molar-refractivity contribution >= 4 is 29.0 Å². The highest BCUT2D eigenvalue weighted by molar-refractivity contribution is 6.33. The van der Waals surface area contributed by atoms with Gasteiger partial charge in [-0.1, -0.05) is 36.5 Å². The standard InChI is InChI=1S/C15H21Cl2NO/c1-2-11(7-8-18)3-5-14(19)10-12-9-13(16)4-6-15(12)17/h4,6,9,11H,2-3,5,7-8,10,18H2,1H3. The minimum Gasteiger partial charge on any atom is -0.330 e. The molecule has 0 heterocycles. The summed E-state index contributed by atoms with van der Waals surface area (Å²) in [5, 5.41) is 1.22. The molecule has 2 nitrogen and oxygen atoms in total. The van der Waals surface area contributed by atoms with E-state index < -0.39 is 0 Å². The van der Waals surface area contributed by atoms with Crippen LogP contribution in [0.3, 0.4) is 0 Å².